The highest BCUT2D eigenvalue weighted by molar-refractivity contribution is 5.98. The standard InChI is InChI=1S/C23H24N4O5/c28-11-10-27-15-24-19-14-16(4-5-17(19)22(27)29)25-6-8-26(9-7-25)23(30)18-2-1-3-20-21(18)32-13-12-31-20/h1-5,14-15,28H,6-13H2. The number of hydrogen-bond acceptors (Lipinski definition) is 7. The molecule has 32 heavy (non-hydrogen) atoms. The Bertz CT molecular complexity index is 1220. The number of aliphatic hydroxyl groups excluding tert-OH is 1. The molecule has 3 aromatic rings. The van der Waals surface area contributed by atoms with E-state index in [0.717, 1.165) is 5.69 Å². The first kappa shape index (κ1) is 20.3. The normalized spacial score (nSPS) is 15.8. The van der Waals surface area contributed by atoms with Crippen molar-refractivity contribution in [2.24, 2.45) is 0 Å². The van der Waals surface area contributed by atoms with Crippen LogP contribution in [-0.4, -0.2) is 71.5 Å². The van der Waals surface area contributed by atoms with E-state index < -0.39 is 0 Å². The van der Waals surface area contributed by atoms with Crippen molar-refractivity contribution in [3.05, 3.63) is 58.6 Å². The zero-order valence-electron chi connectivity index (χ0n) is 17.6. The number of piperazine rings is 1. The minimum absolute atomic E-state index is 0.0587. The van der Waals surface area contributed by atoms with Crippen LogP contribution in [0.5, 0.6) is 11.5 Å². The topological polar surface area (TPSA) is 97.1 Å². The molecule has 2 aliphatic rings. The molecule has 0 aliphatic carbocycles. The van der Waals surface area contributed by atoms with Crippen molar-refractivity contribution in [1.29, 1.82) is 0 Å². The number of hydrogen-bond donors (Lipinski definition) is 1. The molecule has 2 aromatic carbocycles. The molecule has 1 aromatic heterocycles. The van der Waals surface area contributed by atoms with E-state index in [-0.39, 0.29) is 24.6 Å². The van der Waals surface area contributed by atoms with Gasteiger partial charge in [-0.2, -0.15) is 0 Å². The van der Waals surface area contributed by atoms with Crippen LogP contribution in [0.2, 0.25) is 0 Å². The molecule has 9 nitrogen and oxygen atoms in total. The molecule has 0 unspecified atom stereocenters. The van der Waals surface area contributed by atoms with E-state index in [0.29, 0.717) is 67.4 Å². The van der Waals surface area contributed by atoms with Crippen molar-refractivity contribution in [2.75, 3.05) is 50.9 Å². The fourth-order valence-electron chi connectivity index (χ4n) is 4.19. The fraction of sp³-hybridized carbons (Fsp3) is 0.348. The highest BCUT2D eigenvalue weighted by atomic mass is 16.6. The Morgan fingerprint density at radius 1 is 1.06 bits per heavy atom. The lowest BCUT2D eigenvalue weighted by Crippen LogP contribution is -2.49. The number of aliphatic hydroxyl groups is 1. The zero-order valence-corrected chi connectivity index (χ0v) is 17.6. The van der Waals surface area contributed by atoms with Gasteiger partial charge in [-0.3, -0.25) is 14.2 Å². The van der Waals surface area contributed by atoms with Gasteiger partial charge in [-0.15, -0.1) is 0 Å². The second-order valence-corrected chi connectivity index (χ2v) is 7.78. The summed E-state index contributed by atoms with van der Waals surface area (Å²) < 4.78 is 12.7. The smallest absolute Gasteiger partial charge is 0.261 e. The van der Waals surface area contributed by atoms with Crippen molar-refractivity contribution < 1.29 is 19.4 Å². The summed E-state index contributed by atoms with van der Waals surface area (Å²) in [5, 5.41) is 9.61. The van der Waals surface area contributed by atoms with Crippen molar-refractivity contribution >= 4 is 22.5 Å². The summed E-state index contributed by atoms with van der Waals surface area (Å²) in [5.41, 5.74) is 1.95. The maximum absolute atomic E-state index is 13.1. The van der Waals surface area contributed by atoms with E-state index in [9.17, 15) is 9.59 Å². The summed E-state index contributed by atoms with van der Waals surface area (Å²) in [4.78, 5) is 34.0. The van der Waals surface area contributed by atoms with Gasteiger partial charge in [0.25, 0.3) is 11.5 Å². The van der Waals surface area contributed by atoms with Crippen LogP contribution in [0.3, 0.4) is 0 Å². The van der Waals surface area contributed by atoms with Crippen LogP contribution in [0, 0.1) is 0 Å². The lowest BCUT2D eigenvalue weighted by Gasteiger charge is -2.36. The van der Waals surface area contributed by atoms with Gasteiger partial charge in [-0.1, -0.05) is 6.07 Å². The number of aromatic nitrogens is 2. The molecule has 0 saturated carbocycles. The number of amides is 1. The highest BCUT2D eigenvalue weighted by Gasteiger charge is 2.27. The fourth-order valence-corrected chi connectivity index (χ4v) is 4.19. The Morgan fingerprint density at radius 3 is 2.69 bits per heavy atom. The molecule has 3 heterocycles. The van der Waals surface area contributed by atoms with Gasteiger partial charge in [0.15, 0.2) is 11.5 Å². The quantitative estimate of drug-likeness (QED) is 0.655. The third-order valence-electron chi connectivity index (χ3n) is 5.88. The first-order valence-corrected chi connectivity index (χ1v) is 10.7. The number of para-hydroxylation sites is 1. The van der Waals surface area contributed by atoms with E-state index in [1.54, 1.807) is 12.1 Å². The third-order valence-corrected chi connectivity index (χ3v) is 5.88. The summed E-state index contributed by atoms with van der Waals surface area (Å²) >= 11 is 0. The molecular weight excluding hydrogens is 412 g/mol. The second-order valence-electron chi connectivity index (χ2n) is 7.78. The van der Waals surface area contributed by atoms with Gasteiger partial charge in [0, 0.05) is 31.9 Å². The Balaban J connectivity index is 1.30. The number of carbonyl (C=O) groups is 1. The van der Waals surface area contributed by atoms with E-state index in [1.165, 1.54) is 10.9 Å². The Hall–Kier alpha value is -3.59. The molecule has 1 fully saturated rings. The molecule has 0 radical (unpaired) electrons. The van der Waals surface area contributed by atoms with Gasteiger partial charge in [-0.25, -0.2) is 4.98 Å². The largest absolute Gasteiger partial charge is 0.486 e. The van der Waals surface area contributed by atoms with Crippen molar-refractivity contribution in [3.8, 4) is 11.5 Å². The number of fused-ring (bicyclic) bond motifs is 2. The molecular formula is C23H24N4O5. The average Bonchev–Trinajstić information content (AvgIpc) is 2.85. The van der Waals surface area contributed by atoms with Gasteiger partial charge < -0.3 is 24.4 Å². The Kier molecular flexibility index (Phi) is 5.40. The number of rotatable bonds is 4. The molecule has 1 N–H and O–H groups in total. The predicted molar refractivity (Wildman–Crippen MR) is 119 cm³/mol. The van der Waals surface area contributed by atoms with Gasteiger partial charge >= 0.3 is 0 Å². The minimum Gasteiger partial charge on any atom is -0.486 e. The number of anilines is 1. The van der Waals surface area contributed by atoms with E-state index in [1.807, 2.05) is 29.2 Å². The highest BCUT2D eigenvalue weighted by Crippen LogP contribution is 2.34. The number of ether oxygens (including phenoxy) is 2. The van der Waals surface area contributed by atoms with Crippen LogP contribution in [0.1, 0.15) is 10.4 Å². The molecule has 0 bridgehead atoms. The number of carbonyl (C=O) groups excluding carboxylic acids is 1. The van der Waals surface area contributed by atoms with Crippen LogP contribution < -0.4 is 19.9 Å². The lowest BCUT2D eigenvalue weighted by molar-refractivity contribution is 0.0736. The Labute approximate surface area is 184 Å². The summed E-state index contributed by atoms with van der Waals surface area (Å²) in [7, 11) is 0. The zero-order chi connectivity index (χ0) is 22.1. The van der Waals surface area contributed by atoms with E-state index in [2.05, 4.69) is 9.88 Å². The number of nitrogens with zero attached hydrogens (tertiary/aromatic N) is 4. The molecule has 166 valence electrons. The van der Waals surface area contributed by atoms with Gasteiger partial charge in [-0.05, 0) is 30.3 Å². The van der Waals surface area contributed by atoms with E-state index >= 15 is 0 Å². The second kappa shape index (κ2) is 8.51. The Morgan fingerprint density at radius 2 is 1.88 bits per heavy atom. The molecule has 5 rings (SSSR count). The molecule has 1 amide bonds. The molecule has 0 spiro atoms. The third kappa shape index (κ3) is 3.64. The van der Waals surface area contributed by atoms with Gasteiger partial charge in [0.1, 0.15) is 13.2 Å². The number of benzene rings is 2. The molecule has 9 heteroatoms. The summed E-state index contributed by atoms with van der Waals surface area (Å²) in [6.07, 6.45) is 1.47. The minimum atomic E-state index is -0.164. The maximum Gasteiger partial charge on any atom is 0.261 e. The monoisotopic (exact) mass is 436 g/mol. The van der Waals surface area contributed by atoms with Crippen LogP contribution in [0.4, 0.5) is 5.69 Å². The van der Waals surface area contributed by atoms with Crippen molar-refractivity contribution in [1.82, 2.24) is 14.5 Å². The maximum atomic E-state index is 13.1. The van der Waals surface area contributed by atoms with Crippen LogP contribution in [0.15, 0.2) is 47.5 Å². The average molecular weight is 436 g/mol. The molecule has 2 aliphatic heterocycles. The van der Waals surface area contributed by atoms with Crippen molar-refractivity contribution in [3.63, 3.8) is 0 Å². The summed E-state index contributed by atoms with van der Waals surface area (Å²) in [5.74, 6) is 1.08. The molecule has 1 saturated heterocycles. The first-order chi connectivity index (χ1) is 15.7. The first-order valence-electron chi connectivity index (χ1n) is 10.7. The van der Waals surface area contributed by atoms with Crippen LogP contribution in [0.25, 0.3) is 10.9 Å². The summed E-state index contributed by atoms with van der Waals surface area (Å²) in [6, 6.07) is 11.0. The van der Waals surface area contributed by atoms with Gasteiger partial charge in [0.05, 0.1) is 35.9 Å². The SMILES string of the molecule is O=C(c1cccc2c1OCCO2)N1CCN(c2ccc3c(=O)n(CCO)cnc3c2)CC1. The van der Waals surface area contributed by atoms with E-state index in [4.69, 9.17) is 14.6 Å². The van der Waals surface area contributed by atoms with Gasteiger partial charge in [0.2, 0.25) is 0 Å². The molecule has 0 atom stereocenters. The lowest BCUT2D eigenvalue weighted by atomic mass is 10.1. The summed E-state index contributed by atoms with van der Waals surface area (Å²) in [6.45, 7) is 3.53. The predicted octanol–water partition coefficient (Wildman–Crippen LogP) is 1.12. The van der Waals surface area contributed by atoms with Crippen LogP contribution >= 0.6 is 0 Å². The van der Waals surface area contributed by atoms with Crippen LogP contribution in [-0.2, 0) is 6.54 Å². The van der Waals surface area contributed by atoms with Crippen molar-refractivity contribution in [2.45, 2.75) is 6.54 Å².